The summed E-state index contributed by atoms with van der Waals surface area (Å²) in [7, 11) is 0. The van der Waals surface area contributed by atoms with Crippen LogP contribution >= 0.6 is 0 Å². The van der Waals surface area contributed by atoms with E-state index in [0.29, 0.717) is 18.3 Å². The second kappa shape index (κ2) is 7.30. The number of ether oxygens (including phenoxy) is 2. The van der Waals surface area contributed by atoms with Crippen molar-refractivity contribution < 1.29 is 14.3 Å². The molecule has 0 aromatic heterocycles. The number of fused-ring (bicyclic) bond motifs is 1. The second-order valence-electron chi connectivity index (χ2n) is 6.04. The molecule has 0 saturated heterocycles. The van der Waals surface area contributed by atoms with Crippen LogP contribution in [0, 0.1) is 0 Å². The van der Waals surface area contributed by atoms with Gasteiger partial charge in [0, 0.05) is 11.1 Å². The lowest BCUT2D eigenvalue weighted by atomic mass is 10.1. The first kappa shape index (κ1) is 16.8. The molecular formula is C23H17NO3. The third-order valence-electron chi connectivity index (χ3n) is 4.18. The number of carbonyl (C=O) groups is 1. The topological polar surface area (TPSA) is 47.9 Å². The summed E-state index contributed by atoms with van der Waals surface area (Å²) in [4.78, 5) is 16.7. The van der Waals surface area contributed by atoms with Crippen molar-refractivity contribution in [3.8, 4) is 5.75 Å². The summed E-state index contributed by atoms with van der Waals surface area (Å²) in [5.41, 5.74) is 1.77. The van der Waals surface area contributed by atoms with Crippen molar-refractivity contribution in [1.82, 2.24) is 0 Å². The monoisotopic (exact) mass is 355 g/mol. The van der Waals surface area contributed by atoms with Gasteiger partial charge in [-0.2, -0.15) is 0 Å². The largest absolute Gasteiger partial charge is 0.489 e. The van der Waals surface area contributed by atoms with Crippen LogP contribution in [0.2, 0.25) is 0 Å². The molecule has 132 valence electrons. The Morgan fingerprint density at radius 2 is 1.78 bits per heavy atom. The SMILES string of the molecule is C=CCOc1ccccc1/C=C1/N=C(c2ccc3ccccc3c2)OC1=O. The van der Waals surface area contributed by atoms with E-state index in [1.807, 2.05) is 66.7 Å². The second-order valence-corrected chi connectivity index (χ2v) is 6.04. The Kier molecular flexibility index (Phi) is 4.54. The number of esters is 1. The van der Waals surface area contributed by atoms with Gasteiger partial charge in [-0.25, -0.2) is 9.79 Å². The van der Waals surface area contributed by atoms with Crippen LogP contribution < -0.4 is 4.74 Å². The molecule has 0 fully saturated rings. The van der Waals surface area contributed by atoms with Crippen LogP contribution in [0.15, 0.2) is 90.1 Å². The smallest absolute Gasteiger partial charge is 0.363 e. The molecule has 0 aliphatic carbocycles. The molecule has 0 atom stereocenters. The van der Waals surface area contributed by atoms with Crippen molar-refractivity contribution in [2.45, 2.75) is 0 Å². The number of para-hydroxylation sites is 1. The Morgan fingerprint density at radius 3 is 2.63 bits per heavy atom. The zero-order valence-corrected chi connectivity index (χ0v) is 14.6. The van der Waals surface area contributed by atoms with Gasteiger partial charge in [0.05, 0.1) is 0 Å². The summed E-state index contributed by atoms with van der Waals surface area (Å²) in [6.45, 7) is 4.03. The summed E-state index contributed by atoms with van der Waals surface area (Å²) >= 11 is 0. The van der Waals surface area contributed by atoms with Crippen LogP contribution in [0.5, 0.6) is 5.75 Å². The molecular weight excluding hydrogens is 338 g/mol. The summed E-state index contributed by atoms with van der Waals surface area (Å²) in [5.74, 6) is 0.491. The summed E-state index contributed by atoms with van der Waals surface area (Å²) < 4.78 is 11.0. The number of carbonyl (C=O) groups excluding carboxylic acids is 1. The summed E-state index contributed by atoms with van der Waals surface area (Å²) in [6.07, 6.45) is 3.35. The molecule has 0 saturated carbocycles. The van der Waals surface area contributed by atoms with Crippen molar-refractivity contribution in [3.63, 3.8) is 0 Å². The minimum Gasteiger partial charge on any atom is -0.489 e. The van der Waals surface area contributed by atoms with Gasteiger partial charge in [-0.05, 0) is 35.0 Å². The fourth-order valence-corrected chi connectivity index (χ4v) is 2.88. The molecule has 1 aliphatic heterocycles. The molecule has 0 radical (unpaired) electrons. The van der Waals surface area contributed by atoms with E-state index < -0.39 is 5.97 Å². The van der Waals surface area contributed by atoms with E-state index in [0.717, 1.165) is 21.9 Å². The third-order valence-corrected chi connectivity index (χ3v) is 4.18. The molecule has 4 nitrogen and oxygen atoms in total. The van der Waals surface area contributed by atoms with Crippen LogP contribution in [0.4, 0.5) is 0 Å². The van der Waals surface area contributed by atoms with Gasteiger partial charge in [-0.1, -0.05) is 61.2 Å². The Balaban J connectivity index is 1.68. The summed E-state index contributed by atoms with van der Waals surface area (Å²) in [5, 5.41) is 2.18. The average molecular weight is 355 g/mol. The van der Waals surface area contributed by atoms with E-state index in [1.165, 1.54) is 0 Å². The molecule has 1 aliphatic rings. The quantitative estimate of drug-likeness (QED) is 0.377. The number of benzene rings is 3. The fraction of sp³-hybridized carbons (Fsp3) is 0.0435. The molecule has 3 aromatic rings. The fourth-order valence-electron chi connectivity index (χ4n) is 2.88. The zero-order valence-electron chi connectivity index (χ0n) is 14.6. The first-order valence-corrected chi connectivity index (χ1v) is 8.59. The number of hydrogen-bond acceptors (Lipinski definition) is 4. The molecule has 0 spiro atoms. The average Bonchev–Trinajstić information content (AvgIpc) is 3.07. The maximum Gasteiger partial charge on any atom is 0.363 e. The van der Waals surface area contributed by atoms with Gasteiger partial charge in [0.1, 0.15) is 12.4 Å². The lowest BCUT2D eigenvalue weighted by Gasteiger charge is -2.06. The highest BCUT2D eigenvalue weighted by Crippen LogP contribution is 2.25. The van der Waals surface area contributed by atoms with Crippen LogP contribution in [0.3, 0.4) is 0 Å². The minimum atomic E-state index is -0.475. The van der Waals surface area contributed by atoms with E-state index in [4.69, 9.17) is 9.47 Å². The molecule has 0 amide bonds. The van der Waals surface area contributed by atoms with Crippen LogP contribution in [0.1, 0.15) is 11.1 Å². The standard InChI is InChI=1S/C23H17NO3/c1-2-13-26-21-10-6-5-9-18(21)15-20-23(25)27-22(24-20)19-12-11-16-7-3-4-8-17(16)14-19/h2-12,14-15H,1,13H2/b20-15+. The highest BCUT2D eigenvalue weighted by atomic mass is 16.6. The van der Waals surface area contributed by atoms with Crippen molar-refractivity contribution >= 4 is 28.7 Å². The molecule has 4 heteroatoms. The van der Waals surface area contributed by atoms with Crippen molar-refractivity contribution in [3.05, 3.63) is 96.2 Å². The van der Waals surface area contributed by atoms with Gasteiger partial charge in [-0.3, -0.25) is 0 Å². The Labute approximate surface area is 157 Å². The number of nitrogens with zero attached hydrogens (tertiary/aromatic N) is 1. The summed E-state index contributed by atoms with van der Waals surface area (Å²) in [6, 6.07) is 21.3. The lowest BCUT2D eigenvalue weighted by molar-refractivity contribution is -0.129. The Bertz CT molecular complexity index is 1100. The number of hydrogen-bond donors (Lipinski definition) is 0. The van der Waals surface area contributed by atoms with Crippen molar-refractivity contribution in [2.75, 3.05) is 6.61 Å². The van der Waals surface area contributed by atoms with Crippen molar-refractivity contribution in [2.24, 2.45) is 4.99 Å². The first-order chi connectivity index (χ1) is 13.2. The van der Waals surface area contributed by atoms with Gasteiger partial charge in [0.2, 0.25) is 5.90 Å². The minimum absolute atomic E-state index is 0.243. The van der Waals surface area contributed by atoms with E-state index in [-0.39, 0.29) is 5.70 Å². The third kappa shape index (κ3) is 3.51. The normalized spacial score (nSPS) is 14.9. The number of aliphatic imine (C=N–C) groups is 1. The van der Waals surface area contributed by atoms with Gasteiger partial charge >= 0.3 is 5.97 Å². The van der Waals surface area contributed by atoms with Crippen LogP contribution in [-0.2, 0) is 9.53 Å². The van der Waals surface area contributed by atoms with E-state index in [9.17, 15) is 4.79 Å². The molecule has 4 rings (SSSR count). The Morgan fingerprint density at radius 1 is 1.00 bits per heavy atom. The van der Waals surface area contributed by atoms with Gasteiger partial charge in [0.25, 0.3) is 0 Å². The molecule has 0 bridgehead atoms. The Hall–Kier alpha value is -3.66. The maximum absolute atomic E-state index is 12.3. The maximum atomic E-state index is 12.3. The van der Waals surface area contributed by atoms with E-state index in [2.05, 4.69) is 11.6 Å². The highest BCUT2D eigenvalue weighted by molar-refractivity contribution is 6.13. The predicted octanol–water partition coefficient (Wildman–Crippen LogP) is 4.75. The number of cyclic esters (lactones) is 1. The van der Waals surface area contributed by atoms with Gasteiger partial charge in [-0.15, -0.1) is 0 Å². The first-order valence-electron chi connectivity index (χ1n) is 8.59. The van der Waals surface area contributed by atoms with Crippen LogP contribution in [0.25, 0.3) is 16.8 Å². The molecule has 0 N–H and O–H groups in total. The van der Waals surface area contributed by atoms with Crippen LogP contribution in [-0.4, -0.2) is 18.5 Å². The molecule has 0 unspecified atom stereocenters. The van der Waals surface area contributed by atoms with Gasteiger partial charge < -0.3 is 9.47 Å². The van der Waals surface area contributed by atoms with E-state index in [1.54, 1.807) is 12.2 Å². The number of rotatable bonds is 5. The molecule has 1 heterocycles. The van der Waals surface area contributed by atoms with Crippen molar-refractivity contribution in [1.29, 1.82) is 0 Å². The zero-order chi connectivity index (χ0) is 18.6. The molecule has 27 heavy (non-hydrogen) atoms. The predicted molar refractivity (Wildman–Crippen MR) is 107 cm³/mol. The highest BCUT2D eigenvalue weighted by Gasteiger charge is 2.24. The molecule has 3 aromatic carbocycles. The lowest BCUT2D eigenvalue weighted by Crippen LogP contribution is -2.05. The van der Waals surface area contributed by atoms with Gasteiger partial charge in [0.15, 0.2) is 5.70 Å². The van der Waals surface area contributed by atoms with E-state index >= 15 is 0 Å².